The van der Waals surface area contributed by atoms with Crippen LogP contribution in [0, 0.1) is 6.92 Å². The van der Waals surface area contributed by atoms with Gasteiger partial charge in [-0.2, -0.15) is 0 Å². The molecule has 0 bridgehead atoms. The van der Waals surface area contributed by atoms with Crippen LogP contribution in [0.15, 0.2) is 30.5 Å². The highest BCUT2D eigenvalue weighted by Gasteiger charge is 2.27. The lowest BCUT2D eigenvalue weighted by atomic mass is 9.98. The lowest BCUT2D eigenvalue weighted by molar-refractivity contribution is 0.0594. The predicted octanol–water partition coefficient (Wildman–Crippen LogP) is 3.73. The summed E-state index contributed by atoms with van der Waals surface area (Å²) in [5.74, 6) is -0.353. The van der Waals surface area contributed by atoms with Crippen LogP contribution >= 0.6 is 0 Å². The molecular formula is C22H27N3O2. The average Bonchev–Trinajstić information content (AvgIpc) is 2.73. The van der Waals surface area contributed by atoms with Gasteiger partial charge in [-0.05, 0) is 49.3 Å². The molecule has 0 atom stereocenters. The number of anilines is 2. The summed E-state index contributed by atoms with van der Waals surface area (Å²) in [7, 11) is 1.43. The molecule has 1 saturated heterocycles. The Labute approximate surface area is 161 Å². The minimum atomic E-state index is -0.353. The van der Waals surface area contributed by atoms with Crippen molar-refractivity contribution in [3.63, 3.8) is 0 Å². The maximum absolute atomic E-state index is 12.4. The predicted molar refractivity (Wildman–Crippen MR) is 108 cm³/mol. The molecule has 2 aliphatic heterocycles. The molecule has 0 aliphatic carbocycles. The number of piperidine rings is 1. The van der Waals surface area contributed by atoms with Crippen LogP contribution in [0.4, 0.5) is 11.4 Å². The number of aromatic nitrogens is 1. The van der Waals surface area contributed by atoms with E-state index in [9.17, 15) is 4.79 Å². The summed E-state index contributed by atoms with van der Waals surface area (Å²) in [5, 5.41) is 0. The molecule has 3 heterocycles. The summed E-state index contributed by atoms with van der Waals surface area (Å²) in [6.45, 7) is 5.91. The van der Waals surface area contributed by atoms with Crippen LogP contribution in [0.3, 0.4) is 0 Å². The van der Waals surface area contributed by atoms with Crippen LogP contribution in [-0.4, -0.2) is 37.7 Å². The number of carbonyl (C=O) groups is 1. The average molecular weight is 365 g/mol. The first kappa shape index (κ1) is 17.8. The highest BCUT2D eigenvalue weighted by Crippen LogP contribution is 2.35. The maximum atomic E-state index is 12.4. The van der Waals surface area contributed by atoms with Crippen LogP contribution in [-0.2, 0) is 17.7 Å². The molecule has 4 rings (SSSR count). The van der Waals surface area contributed by atoms with Gasteiger partial charge in [0.05, 0.1) is 24.7 Å². The number of ether oxygens (including phenoxy) is 1. The van der Waals surface area contributed by atoms with Gasteiger partial charge in [-0.15, -0.1) is 0 Å². The van der Waals surface area contributed by atoms with E-state index in [4.69, 9.17) is 4.74 Å². The molecular weight excluding hydrogens is 338 g/mol. The Kier molecular flexibility index (Phi) is 5.01. The lowest BCUT2D eigenvalue weighted by Crippen LogP contribution is -2.34. The maximum Gasteiger partial charge on any atom is 0.358 e. The molecule has 2 aliphatic rings. The van der Waals surface area contributed by atoms with Crippen LogP contribution in [0.2, 0.25) is 0 Å². The second-order valence-electron chi connectivity index (χ2n) is 7.45. The highest BCUT2D eigenvalue weighted by molar-refractivity contribution is 5.95. The Morgan fingerprint density at radius 3 is 2.52 bits per heavy atom. The van der Waals surface area contributed by atoms with Gasteiger partial charge in [0.15, 0.2) is 5.69 Å². The molecule has 5 nitrogen and oxygen atoms in total. The summed E-state index contributed by atoms with van der Waals surface area (Å²) < 4.78 is 5.01. The van der Waals surface area contributed by atoms with Gasteiger partial charge in [0, 0.05) is 26.2 Å². The van der Waals surface area contributed by atoms with Crippen LogP contribution in [0.5, 0.6) is 0 Å². The highest BCUT2D eigenvalue weighted by atomic mass is 16.5. The fourth-order valence-electron chi connectivity index (χ4n) is 4.35. The Morgan fingerprint density at radius 1 is 1.04 bits per heavy atom. The molecule has 27 heavy (non-hydrogen) atoms. The molecule has 2 aromatic rings. The van der Waals surface area contributed by atoms with Gasteiger partial charge >= 0.3 is 5.97 Å². The van der Waals surface area contributed by atoms with Gasteiger partial charge in [-0.3, -0.25) is 0 Å². The monoisotopic (exact) mass is 365 g/mol. The standard InChI is InChI=1S/C22H27N3O2/c1-16-19(25-13-10-17-8-4-5-9-18(17)15-25)14-23-20(22(26)27-2)21(16)24-11-6-3-7-12-24/h4-5,8-9,14H,3,6-7,10-13,15H2,1-2H3. The first-order valence-electron chi connectivity index (χ1n) is 9.83. The fourth-order valence-corrected chi connectivity index (χ4v) is 4.35. The van der Waals surface area contributed by atoms with E-state index in [1.807, 2.05) is 6.20 Å². The Bertz CT molecular complexity index is 843. The van der Waals surface area contributed by atoms with Gasteiger partial charge in [-0.1, -0.05) is 24.3 Å². The molecule has 1 aromatic carbocycles. The van der Waals surface area contributed by atoms with E-state index in [1.165, 1.54) is 24.7 Å². The van der Waals surface area contributed by atoms with E-state index in [0.717, 1.165) is 62.4 Å². The molecule has 0 amide bonds. The molecule has 0 radical (unpaired) electrons. The molecule has 5 heteroatoms. The van der Waals surface area contributed by atoms with Crippen molar-refractivity contribution in [3.8, 4) is 0 Å². The second kappa shape index (κ2) is 7.59. The van der Waals surface area contributed by atoms with Crippen molar-refractivity contribution in [2.24, 2.45) is 0 Å². The van der Waals surface area contributed by atoms with Gasteiger partial charge in [0.2, 0.25) is 0 Å². The normalized spacial score (nSPS) is 16.8. The molecule has 0 N–H and O–H groups in total. The summed E-state index contributed by atoms with van der Waals surface area (Å²) in [6.07, 6.45) is 6.44. The van der Waals surface area contributed by atoms with E-state index in [2.05, 4.69) is 46.0 Å². The first-order valence-corrected chi connectivity index (χ1v) is 9.83. The zero-order valence-corrected chi connectivity index (χ0v) is 16.2. The number of nitrogens with zero attached hydrogens (tertiary/aromatic N) is 3. The van der Waals surface area contributed by atoms with Crippen LogP contribution in [0.1, 0.15) is 46.4 Å². The number of benzene rings is 1. The smallest absolute Gasteiger partial charge is 0.358 e. The number of hydrogen-bond acceptors (Lipinski definition) is 5. The van der Waals surface area contributed by atoms with Crippen LogP contribution in [0.25, 0.3) is 0 Å². The molecule has 1 aromatic heterocycles. The van der Waals surface area contributed by atoms with Gasteiger partial charge in [-0.25, -0.2) is 9.78 Å². The van der Waals surface area contributed by atoms with Gasteiger partial charge in [0.25, 0.3) is 0 Å². The van der Waals surface area contributed by atoms with Gasteiger partial charge in [0.1, 0.15) is 0 Å². The quantitative estimate of drug-likeness (QED) is 0.776. The topological polar surface area (TPSA) is 45.7 Å². The van der Waals surface area contributed by atoms with E-state index in [-0.39, 0.29) is 5.97 Å². The number of carbonyl (C=O) groups excluding carboxylic acids is 1. The fraction of sp³-hybridized carbons (Fsp3) is 0.455. The van der Waals surface area contributed by atoms with Crippen LogP contribution < -0.4 is 9.80 Å². The zero-order chi connectivity index (χ0) is 18.8. The Balaban J connectivity index is 1.73. The van der Waals surface area contributed by atoms with Crippen molar-refractivity contribution in [3.05, 3.63) is 52.8 Å². The summed E-state index contributed by atoms with van der Waals surface area (Å²) in [5.41, 5.74) is 6.46. The lowest BCUT2D eigenvalue weighted by Gasteiger charge is -2.35. The van der Waals surface area contributed by atoms with E-state index >= 15 is 0 Å². The second-order valence-corrected chi connectivity index (χ2v) is 7.45. The number of pyridine rings is 1. The number of esters is 1. The van der Waals surface area contributed by atoms with E-state index in [0.29, 0.717) is 5.69 Å². The number of fused-ring (bicyclic) bond motifs is 1. The third-order valence-corrected chi connectivity index (χ3v) is 5.80. The third kappa shape index (κ3) is 3.38. The third-order valence-electron chi connectivity index (χ3n) is 5.80. The summed E-state index contributed by atoms with van der Waals surface area (Å²) in [4.78, 5) is 21.6. The Hall–Kier alpha value is -2.56. The summed E-state index contributed by atoms with van der Waals surface area (Å²) in [6, 6.07) is 8.64. The number of methoxy groups -OCH3 is 1. The Morgan fingerprint density at radius 2 is 1.78 bits per heavy atom. The molecule has 0 saturated carbocycles. The largest absolute Gasteiger partial charge is 0.464 e. The number of rotatable bonds is 3. The zero-order valence-electron chi connectivity index (χ0n) is 16.2. The van der Waals surface area contributed by atoms with Crippen molar-refractivity contribution in [1.29, 1.82) is 0 Å². The SMILES string of the molecule is COC(=O)c1ncc(N2CCc3ccccc3C2)c(C)c1N1CCCCC1. The van der Waals surface area contributed by atoms with E-state index < -0.39 is 0 Å². The molecule has 0 unspecified atom stereocenters. The van der Waals surface area contributed by atoms with Crippen molar-refractivity contribution in [1.82, 2.24) is 4.98 Å². The number of hydrogen-bond donors (Lipinski definition) is 0. The van der Waals surface area contributed by atoms with Gasteiger partial charge < -0.3 is 14.5 Å². The van der Waals surface area contributed by atoms with Crippen molar-refractivity contribution in [2.45, 2.75) is 39.2 Å². The summed E-state index contributed by atoms with van der Waals surface area (Å²) >= 11 is 0. The molecule has 0 spiro atoms. The first-order chi connectivity index (χ1) is 13.2. The van der Waals surface area contributed by atoms with Crippen molar-refractivity contribution in [2.75, 3.05) is 36.5 Å². The van der Waals surface area contributed by atoms with Crippen molar-refractivity contribution < 1.29 is 9.53 Å². The molecule has 142 valence electrons. The minimum Gasteiger partial charge on any atom is -0.464 e. The van der Waals surface area contributed by atoms with Crippen molar-refractivity contribution >= 4 is 17.3 Å². The molecule has 1 fully saturated rings. The minimum absolute atomic E-state index is 0.353. The van der Waals surface area contributed by atoms with E-state index in [1.54, 1.807) is 0 Å².